The van der Waals surface area contributed by atoms with E-state index in [1.54, 1.807) is 32.0 Å². The molecule has 0 bridgehead atoms. The van der Waals surface area contributed by atoms with Crippen LogP contribution in [0.5, 0.6) is 0 Å². The molecule has 2 aromatic rings. The van der Waals surface area contributed by atoms with E-state index in [1.807, 2.05) is 0 Å². The second-order valence-electron chi connectivity index (χ2n) is 5.73. The summed E-state index contributed by atoms with van der Waals surface area (Å²) in [7, 11) is -3.54. The summed E-state index contributed by atoms with van der Waals surface area (Å²) < 4.78 is 33.2. The minimum absolute atomic E-state index is 0.0405. The molecule has 1 fully saturated rings. The molecule has 3 rings (SSSR count). The number of rotatable bonds is 4. The van der Waals surface area contributed by atoms with E-state index in [4.69, 9.17) is 4.52 Å². The third-order valence-corrected chi connectivity index (χ3v) is 5.59. The van der Waals surface area contributed by atoms with Crippen LogP contribution >= 0.6 is 0 Å². The lowest BCUT2D eigenvalue weighted by Gasteiger charge is -2.14. The number of nitrogens with one attached hydrogen (secondary N) is 1. The zero-order valence-electron chi connectivity index (χ0n) is 12.7. The fourth-order valence-electron chi connectivity index (χ4n) is 2.76. The van der Waals surface area contributed by atoms with Crippen LogP contribution in [0.15, 0.2) is 27.6 Å². The molecule has 0 saturated heterocycles. The number of benzene rings is 1. The molecular formula is C15H19N3O3S. The molecule has 1 aromatic carbocycles. The van der Waals surface area contributed by atoms with Crippen molar-refractivity contribution in [2.45, 2.75) is 50.5 Å². The van der Waals surface area contributed by atoms with Crippen molar-refractivity contribution in [1.29, 1.82) is 0 Å². The number of nitrogens with zero attached hydrogens (tertiary/aromatic N) is 2. The van der Waals surface area contributed by atoms with Gasteiger partial charge in [0.2, 0.25) is 10.0 Å². The minimum atomic E-state index is -3.54. The first-order valence-electron chi connectivity index (χ1n) is 7.39. The normalized spacial score (nSPS) is 16.3. The van der Waals surface area contributed by atoms with Crippen molar-refractivity contribution in [3.05, 3.63) is 29.6 Å². The fourth-order valence-corrected chi connectivity index (χ4v) is 4.34. The van der Waals surface area contributed by atoms with E-state index >= 15 is 0 Å². The average Bonchev–Trinajstić information content (AvgIpc) is 3.10. The van der Waals surface area contributed by atoms with E-state index in [0.29, 0.717) is 22.8 Å². The molecule has 1 heterocycles. The Kier molecular flexibility index (Phi) is 4.01. The summed E-state index contributed by atoms with van der Waals surface area (Å²) in [6.07, 6.45) is 3.96. The molecule has 7 heteroatoms. The molecule has 1 aliphatic rings. The van der Waals surface area contributed by atoms with Crippen LogP contribution in [-0.4, -0.2) is 24.6 Å². The highest BCUT2D eigenvalue weighted by atomic mass is 32.2. The zero-order chi connectivity index (χ0) is 15.7. The first-order valence-corrected chi connectivity index (χ1v) is 8.88. The number of hydrogen-bond acceptors (Lipinski definition) is 5. The molecule has 1 aliphatic carbocycles. The van der Waals surface area contributed by atoms with Crippen molar-refractivity contribution < 1.29 is 12.9 Å². The Bertz CT molecular complexity index is 777. The Morgan fingerprint density at radius 2 is 1.95 bits per heavy atom. The smallest absolute Gasteiger partial charge is 0.257 e. The maximum Gasteiger partial charge on any atom is 0.257 e. The standard InChI is InChI=1S/C15H19N3O3S/c1-10-7-8-12(15-16-11(2)17-21-15)9-14(10)22(19,20)18-13-5-3-4-6-13/h7-9,13,18H,3-6H2,1-2H3. The zero-order valence-corrected chi connectivity index (χ0v) is 13.5. The molecule has 0 radical (unpaired) electrons. The van der Waals surface area contributed by atoms with Gasteiger partial charge in [-0.05, 0) is 44.4 Å². The number of hydrogen-bond donors (Lipinski definition) is 1. The topological polar surface area (TPSA) is 85.1 Å². The van der Waals surface area contributed by atoms with Crippen molar-refractivity contribution in [3.8, 4) is 11.5 Å². The highest BCUT2D eigenvalue weighted by molar-refractivity contribution is 7.89. The van der Waals surface area contributed by atoms with E-state index in [9.17, 15) is 8.42 Å². The molecule has 22 heavy (non-hydrogen) atoms. The molecule has 1 N–H and O–H groups in total. The van der Waals surface area contributed by atoms with Gasteiger partial charge >= 0.3 is 0 Å². The second kappa shape index (κ2) is 5.81. The molecule has 0 aliphatic heterocycles. The minimum Gasteiger partial charge on any atom is -0.334 e. The van der Waals surface area contributed by atoms with Crippen LogP contribution in [0.3, 0.4) is 0 Å². The van der Waals surface area contributed by atoms with Crippen LogP contribution in [0.4, 0.5) is 0 Å². The van der Waals surface area contributed by atoms with E-state index in [2.05, 4.69) is 14.9 Å². The summed E-state index contributed by atoms with van der Waals surface area (Å²) in [4.78, 5) is 4.42. The van der Waals surface area contributed by atoms with Gasteiger partial charge in [-0.15, -0.1) is 0 Å². The summed E-state index contributed by atoms with van der Waals surface area (Å²) in [5, 5.41) is 3.74. The van der Waals surface area contributed by atoms with Gasteiger partial charge in [0.05, 0.1) is 4.90 Å². The van der Waals surface area contributed by atoms with Gasteiger partial charge in [-0.25, -0.2) is 13.1 Å². The molecule has 0 unspecified atom stereocenters. The lowest BCUT2D eigenvalue weighted by Crippen LogP contribution is -2.33. The van der Waals surface area contributed by atoms with Gasteiger partial charge in [-0.2, -0.15) is 4.98 Å². The third kappa shape index (κ3) is 3.05. The predicted molar refractivity (Wildman–Crippen MR) is 81.8 cm³/mol. The van der Waals surface area contributed by atoms with Gasteiger partial charge in [-0.3, -0.25) is 0 Å². The monoisotopic (exact) mass is 321 g/mol. The Labute approximate surface area is 130 Å². The summed E-state index contributed by atoms with van der Waals surface area (Å²) in [6.45, 7) is 3.51. The van der Waals surface area contributed by atoms with Gasteiger partial charge in [0.1, 0.15) is 0 Å². The Morgan fingerprint density at radius 3 is 2.59 bits per heavy atom. The number of sulfonamides is 1. The largest absolute Gasteiger partial charge is 0.334 e. The van der Waals surface area contributed by atoms with E-state index in [-0.39, 0.29) is 10.9 Å². The van der Waals surface area contributed by atoms with Crippen LogP contribution < -0.4 is 4.72 Å². The maximum absolute atomic E-state index is 12.6. The van der Waals surface area contributed by atoms with Crippen molar-refractivity contribution >= 4 is 10.0 Å². The summed E-state index contributed by atoms with van der Waals surface area (Å²) >= 11 is 0. The maximum atomic E-state index is 12.6. The van der Waals surface area contributed by atoms with E-state index in [1.165, 1.54) is 0 Å². The molecular weight excluding hydrogens is 302 g/mol. The first-order chi connectivity index (χ1) is 10.5. The van der Waals surface area contributed by atoms with Crippen LogP contribution in [0.25, 0.3) is 11.5 Å². The van der Waals surface area contributed by atoms with Gasteiger partial charge < -0.3 is 4.52 Å². The van der Waals surface area contributed by atoms with Crippen molar-refractivity contribution in [2.75, 3.05) is 0 Å². The summed E-state index contributed by atoms with van der Waals surface area (Å²) in [6, 6.07) is 5.19. The lowest BCUT2D eigenvalue weighted by atomic mass is 10.1. The van der Waals surface area contributed by atoms with E-state index < -0.39 is 10.0 Å². The Hall–Kier alpha value is -1.73. The van der Waals surface area contributed by atoms with Gasteiger partial charge in [0, 0.05) is 11.6 Å². The highest BCUT2D eigenvalue weighted by Gasteiger charge is 2.25. The molecule has 0 atom stereocenters. The van der Waals surface area contributed by atoms with Gasteiger partial charge in [-0.1, -0.05) is 24.1 Å². The van der Waals surface area contributed by atoms with Crippen molar-refractivity contribution in [1.82, 2.24) is 14.9 Å². The second-order valence-corrected chi connectivity index (χ2v) is 7.41. The predicted octanol–water partition coefficient (Wildman–Crippen LogP) is 2.57. The molecule has 6 nitrogen and oxygen atoms in total. The first kappa shape index (κ1) is 15.2. The molecule has 0 amide bonds. The summed E-state index contributed by atoms with van der Waals surface area (Å²) in [5.74, 6) is 0.846. The van der Waals surface area contributed by atoms with Crippen LogP contribution in [-0.2, 0) is 10.0 Å². The van der Waals surface area contributed by atoms with Crippen molar-refractivity contribution in [2.24, 2.45) is 0 Å². The van der Waals surface area contributed by atoms with Crippen LogP contribution in [0.2, 0.25) is 0 Å². The van der Waals surface area contributed by atoms with Gasteiger partial charge in [0.25, 0.3) is 5.89 Å². The third-order valence-electron chi connectivity index (χ3n) is 3.93. The average molecular weight is 321 g/mol. The molecule has 1 saturated carbocycles. The number of aromatic nitrogens is 2. The fraction of sp³-hybridized carbons (Fsp3) is 0.467. The molecule has 0 spiro atoms. The van der Waals surface area contributed by atoms with E-state index in [0.717, 1.165) is 25.7 Å². The van der Waals surface area contributed by atoms with Crippen LogP contribution in [0, 0.1) is 13.8 Å². The summed E-state index contributed by atoms with van der Waals surface area (Å²) in [5.41, 5.74) is 1.31. The molecule has 118 valence electrons. The SMILES string of the molecule is Cc1noc(-c2ccc(C)c(S(=O)(=O)NC3CCCC3)c2)n1. The van der Waals surface area contributed by atoms with Crippen LogP contribution in [0.1, 0.15) is 37.1 Å². The highest BCUT2D eigenvalue weighted by Crippen LogP contribution is 2.26. The lowest BCUT2D eigenvalue weighted by molar-refractivity contribution is 0.425. The Morgan fingerprint density at radius 1 is 1.23 bits per heavy atom. The Balaban J connectivity index is 1.95. The number of aryl methyl sites for hydroxylation is 2. The van der Waals surface area contributed by atoms with Gasteiger partial charge in [0.15, 0.2) is 5.82 Å². The quantitative estimate of drug-likeness (QED) is 0.935. The molecule has 1 aromatic heterocycles. The van der Waals surface area contributed by atoms with Crippen molar-refractivity contribution in [3.63, 3.8) is 0 Å².